The molecule has 3 aromatic rings. The van der Waals surface area contributed by atoms with Gasteiger partial charge in [-0.1, -0.05) is 29.8 Å². The third kappa shape index (κ3) is 5.51. The molecule has 10 heteroatoms. The van der Waals surface area contributed by atoms with Crippen molar-refractivity contribution >= 4 is 63.3 Å². The maximum absolute atomic E-state index is 13.5. The van der Waals surface area contributed by atoms with E-state index in [4.69, 9.17) is 11.6 Å². The molecule has 1 heterocycles. The van der Waals surface area contributed by atoms with Crippen LogP contribution in [0.15, 0.2) is 72.8 Å². The number of nitro groups is 1. The van der Waals surface area contributed by atoms with Crippen molar-refractivity contribution in [2.75, 3.05) is 11.4 Å². The molecule has 3 amide bonds. The van der Waals surface area contributed by atoms with E-state index < -0.39 is 28.7 Å². The first kappa shape index (κ1) is 24.8. The van der Waals surface area contributed by atoms with E-state index in [0.717, 1.165) is 14.0 Å². The van der Waals surface area contributed by atoms with Gasteiger partial charge in [0, 0.05) is 32.8 Å². The van der Waals surface area contributed by atoms with Crippen LogP contribution in [0.4, 0.5) is 11.4 Å². The van der Waals surface area contributed by atoms with E-state index in [2.05, 4.69) is 22.6 Å². The number of hydrogen-bond donors (Lipinski definition) is 0. The Balaban J connectivity index is 1.66. The normalized spacial score (nSPS) is 15.4. The minimum Gasteiger partial charge on any atom is -0.326 e. The second-order valence-corrected chi connectivity index (χ2v) is 9.63. The van der Waals surface area contributed by atoms with E-state index in [1.807, 2.05) is 6.07 Å². The van der Waals surface area contributed by atoms with Crippen LogP contribution in [-0.4, -0.2) is 40.1 Å². The lowest BCUT2D eigenvalue weighted by atomic mass is 10.1. The number of anilines is 1. The molecular formula is C25H19ClIN3O5. The van der Waals surface area contributed by atoms with Crippen LogP contribution >= 0.6 is 34.2 Å². The van der Waals surface area contributed by atoms with Crippen LogP contribution in [0.2, 0.25) is 5.02 Å². The minimum atomic E-state index is -1.03. The number of amides is 3. The van der Waals surface area contributed by atoms with Crippen LogP contribution in [0.3, 0.4) is 0 Å². The van der Waals surface area contributed by atoms with E-state index in [1.165, 1.54) is 29.2 Å². The number of hydrogen-bond acceptors (Lipinski definition) is 5. The number of carbonyl (C=O) groups is 3. The number of halogens is 2. The van der Waals surface area contributed by atoms with Gasteiger partial charge in [-0.2, -0.15) is 0 Å². The summed E-state index contributed by atoms with van der Waals surface area (Å²) in [6.45, 7) is 0.117. The van der Waals surface area contributed by atoms with Gasteiger partial charge < -0.3 is 4.90 Å². The SMILES string of the molecule is O=C1CC(N(CCc2cccc(Cl)c2)C(=O)c2cccc([N+](=O)[O-])c2)C(=O)N1c1ccc(I)cc1. The molecule has 1 unspecified atom stereocenters. The van der Waals surface area contributed by atoms with Gasteiger partial charge in [-0.15, -0.1) is 0 Å². The molecule has 35 heavy (non-hydrogen) atoms. The van der Waals surface area contributed by atoms with Gasteiger partial charge in [0.1, 0.15) is 6.04 Å². The fraction of sp³-hybridized carbons (Fsp3) is 0.160. The van der Waals surface area contributed by atoms with Crippen LogP contribution in [-0.2, 0) is 16.0 Å². The summed E-state index contributed by atoms with van der Waals surface area (Å²) < 4.78 is 0.950. The van der Waals surface area contributed by atoms with E-state index >= 15 is 0 Å². The Morgan fingerprint density at radius 2 is 1.80 bits per heavy atom. The third-order valence-electron chi connectivity index (χ3n) is 5.68. The number of benzene rings is 3. The summed E-state index contributed by atoms with van der Waals surface area (Å²) in [6, 6.07) is 18.4. The van der Waals surface area contributed by atoms with Crippen LogP contribution < -0.4 is 4.90 Å². The quantitative estimate of drug-likeness (QED) is 0.166. The smallest absolute Gasteiger partial charge is 0.270 e. The van der Waals surface area contributed by atoms with E-state index in [9.17, 15) is 24.5 Å². The van der Waals surface area contributed by atoms with Gasteiger partial charge in [-0.05, 0) is 77.0 Å². The second-order valence-electron chi connectivity index (χ2n) is 7.95. The summed E-state index contributed by atoms with van der Waals surface area (Å²) in [5.74, 6) is -1.49. The Labute approximate surface area is 219 Å². The van der Waals surface area contributed by atoms with Crippen molar-refractivity contribution in [3.05, 3.63) is 103 Å². The lowest BCUT2D eigenvalue weighted by Crippen LogP contribution is -2.46. The molecule has 0 N–H and O–H groups in total. The molecule has 1 fully saturated rings. The molecule has 0 aliphatic carbocycles. The molecule has 0 spiro atoms. The lowest BCUT2D eigenvalue weighted by Gasteiger charge is -2.28. The molecule has 8 nitrogen and oxygen atoms in total. The predicted octanol–water partition coefficient (Wildman–Crippen LogP) is 4.87. The number of rotatable bonds is 7. The highest BCUT2D eigenvalue weighted by molar-refractivity contribution is 14.1. The summed E-state index contributed by atoms with van der Waals surface area (Å²) in [4.78, 5) is 52.8. The fourth-order valence-corrected chi connectivity index (χ4v) is 4.55. The maximum atomic E-state index is 13.5. The van der Waals surface area contributed by atoms with Gasteiger partial charge in [0.2, 0.25) is 5.91 Å². The van der Waals surface area contributed by atoms with Gasteiger partial charge >= 0.3 is 0 Å². The lowest BCUT2D eigenvalue weighted by molar-refractivity contribution is -0.384. The summed E-state index contributed by atoms with van der Waals surface area (Å²) in [5.41, 5.74) is 1.11. The third-order valence-corrected chi connectivity index (χ3v) is 6.63. The summed E-state index contributed by atoms with van der Waals surface area (Å²) in [6.07, 6.45) is 0.198. The molecule has 4 rings (SSSR count). The van der Waals surface area contributed by atoms with E-state index in [1.54, 1.807) is 42.5 Å². The molecule has 1 saturated heterocycles. The molecular weight excluding hydrogens is 585 g/mol. The zero-order valence-corrected chi connectivity index (χ0v) is 21.2. The topological polar surface area (TPSA) is 101 Å². The average molecular weight is 604 g/mol. The van der Waals surface area contributed by atoms with Gasteiger partial charge in [0.25, 0.3) is 17.5 Å². The van der Waals surface area contributed by atoms with E-state index in [-0.39, 0.29) is 24.2 Å². The summed E-state index contributed by atoms with van der Waals surface area (Å²) in [5, 5.41) is 11.8. The first-order valence-electron chi connectivity index (χ1n) is 10.7. The minimum absolute atomic E-state index is 0.0678. The Bertz CT molecular complexity index is 1310. The molecule has 178 valence electrons. The molecule has 0 radical (unpaired) electrons. The van der Waals surface area contributed by atoms with Gasteiger partial charge in [0.15, 0.2) is 0 Å². The molecule has 3 aromatic carbocycles. The van der Waals surface area contributed by atoms with Gasteiger partial charge in [-0.25, -0.2) is 4.90 Å². The van der Waals surface area contributed by atoms with Crippen molar-refractivity contribution in [3.63, 3.8) is 0 Å². The van der Waals surface area contributed by atoms with Crippen LogP contribution in [0.5, 0.6) is 0 Å². The number of carbonyl (C=O) groups excluding carboxylic acids is 3. The zero-order chi connectivity index (χ0) is 25.1. The van der Waals surface area contributed by atoms with Crippen LogP contribution in [0.1, 0.15) is 22.3 Å². The van der Waals surface area contributed by atoms with Crippen molar-refractivity contribution < 1.29 is 19.3 Å². The van der Waals surface area contributed by atoms with Gasteiger partial charge in [0.05, 0.1) is 17.0 Å². The summed E-state index contributed by atoms with van der Waals surface area (Å²) >= 11 is 8.21. The molecule has 0 bridgehead atoms. The average Bonchev–Trinajstić information content (AvgIpc) is 3.13. The second kappa shape index (κ2) is 10.5. The standard InChI is InChI=1S/C25H19ClIN3O5/c26-18-5-1-3-16(13-18)11-12-28(24(32)17-4-2-6-21(14-17)30(34)35)22-15-23(31)29(25(22)33)20-9-7-19(27)8-10-20/h1-10,13-14,22H,11-12,15H2. The molecule has 1 aliphatic rings. The Morgan fingerprint density at radius 1 is 1.09 bits per heavy atom. The summed E-state index contributed by atoms with van der Waals surface area (Å²) in [7, 11) is 0. The molecule has 1 aliphatic heterocycles. The number of imide groups is 1. The largest absolute Gasteiger partial charge is 0.326 e. The van der Waals surface area contributed by atoms with Crippen molar-refractivity contribution in [1.82, 2.24) is 4.90 Å². The number of non-ortho nitro benzene ring substituents is 1. The number of nitro benzene ring substituents is 1. The van der Waals surface area contributed by atoms with Crippen molar-refractivity contribution in [3.8, 4) is 0 Å². The fourth-order valence-electron chi connectivity index (χ4n) is 3.98. The first-order valence-corrected chi connectivity index (χ1v) is 12.1. The van der Waals surface area contributed by atoms with Crippen LogP contribution in [0, 0.1) is 13.7 Å². The molecule has 0 saturated carbocycles. The molecule has 0 aromatic heterocycles. The Kier molecular flexibility index (Phi) is 7.46. The first-order chi connectivity index (χ1) is 16.7. The van der Waals surface area contributed by atoms with Crippen molar-refractivity contribution in [2.24, 2.45) is 0 Å². The Morgan fingerprint density at radius 3 is 2.49 bits per heavy atom. The van der Waals surface area contributed by atoms with Crippen molar-refractivity contribution in [1.29, 1.82) is 0 Å². The number of nitrogens with zero attached hydrogens (tertiary/aromatic N) is 3. The van der Waals surface area contributed by atoms with Crippen LogP contribution in [0.25, 0.3) is 0 Å². The Hall–Kier alpha value is -3.31. The predicted molar refractivity (Wildman–Crippen MR) is 139 cm³/mol. The molecule has 1 atom stereocenters. The maximum Gasteiger partial charge on any atom is 0.270 e. The van der Waals surface area contributed by atoms with Crippen molar-refractivity contribution in [2.45, 2.75) is 18.9 Å². The highest BCUT2D eigenvalue weighted by Gasteiger charge is 2.44. The highest BCUT2D eigenvalue weighted by atomic mass is 127. The monoisotopic (exact) mass is 603 g/mol. The highest BCUT2D eigenvalue weighted by Crippen LogP contribution is 2.28. The van der Waals surface area contributed by atoms with E-state index in [0.29, 0.717) is 17.1 Å². The van der Waals surface area contributed by atoms with Gasteiger partial charge in [-0.3, -0.25) is 24.5 Å². The zero-order valence-electron chi connectivity index (χ0n) is 18.3.